The van der Waals surface area contributed by atoms with Crippen molar-refractivity contribution in [3.8, 4) is 0 Å². The lowest BCUT2D eigenvalue weighted by Crippen LogP contribution is -1.78. The normalized spacial score (nSPS) is 8.62. The first kappa shape index (κ1) is 12.5. The summed E-state index contributed by atoms with van der Waals surface area (Å²) in [5.74, 6) is 0. The van der Waals surface area contributed by atoms with Gasteiger partial charge in [-0.15, -0.1) is 0 Å². The molecule has 0 radical (unpaired) electrons. The Hall–Kier alpha value is -0.458. The summed E-state index contributed by atoms with van der Waals surface area (Å²) in [6.45, 7) is 2.20. The summed E-state index contributed by atoms with van der Waals surface area (Å²) < 4.78 is 29.4. The zero-order valence-corrected chi connectivity index (χ0v) is 8.67. The van der Waals surface area contributed by atoms with Crippen LogP contribution in [-0.2, 0) is 6.42 Å². The van der Waals surface area contributed by atoms with Crippen LogP contribution in [0.2, 0.25) is 0 Å². The van der Waals surface area contributed by atoms with Crippen molar-refractivity contribution in [1.29, 1.82) is 0 Å². The summed E-state index contributed by atoms with van der Waals surface area (Å²) in [6.07, 6.45) is 2.45. The fourth-order valence-corrected chi connectivity index (χ4v) is 0.933. The summed E-state index contributed by atoms with van der Waals surface area (Å²) in [7, 11) is 0. The second kappa shape index (κ2) is 8.15. The lowest BCUT2D eigenvalue weighted by atomic mass is 10.1. The lowest BCUT2D eigenvalue weighted by molar-refractivity contribution is 0.535. The molecule has 72 valence electrons. The van der Waals surface area contributed by atoms with Crippen LogP contribution in [0.3, 0.4) is 0 Å². The predicted octanol–water partition coefficient (Wildman–Crippen LogP) is 3.52. The quantitative estimate of drug-likeness (QED) is 0.646. The number of halogens is 3. The van der Waals surface area contributed by atoms with Crippen molar-refractivity contribution in [2.24, 2.45) is 0 Å². The number of benzene rings is 1. The van der Waals surface area contributed by atoms with Crippen LogP contribution in [0.1, 0.15) is 18.9 Å². The number of hydrogen-bond acceptors (Lipinski definition) is 0. The van der Waals surface area contributed by atoms with E-state index in [1.807, 2.05) is 0 Å². The molecular formula is C9H12AlF3. The van der Waals surface area contributed by atoms with Gasteiger partial charge in [-0.25, -0.2) is 0 Å². The van der Waals surface area contributed by atoms with Crippen molar-refractivity contribution in [3.05, 3.63) is 35.9 Å². The lowest BCUT2D eigenvalue weighted by Gasteiger charge is -1.93. The van der Waals surface area contributed by atoms with Crippen molar-refractivity contribution in [1.82, 2.24) is 0 Å². The molecule has 4 heteroatoms. The van der Waals surface area contributed by atoms with Crippen LogP contribution < -0.4 is 0 Å². The Labute approximate surface area is 82.2 Å². The fraction of sp³-hybridized carbons (Fsp3) is 0.333. The van der Waals surface area contributed by atoms with E-state index < -0.39 is 15.5 Å². The largest absolute Gasteiger partial charge is 1.04 e. The van der Waals surface area contributed by atoms with Crippen molar-refractivity contribution < 1.29 is 10.6 Å². The highest BCUT2D eigenvalue weighted by atomic mass is 27.3. The molecule has 0 bridgehead atoms. The van der Waals surface area contributed by atoms with Gasteiger partial charge in [-0.05, 0) is 12.0 Å². The Bertz CT molecular complexity index is 199. The van der Waals surface area contributed by atoms with Crippen LogP contribution in [0.15, 0.2) is 30.3 Å². The van der Waals surface area contributed by atoms with Gasteiger partial charge < -0.3 is 10.6 Å². The van der Waals surface area contributed by atoms with Gasteiger partial charge in [0.05, 0.1) is 0 Å². The molecule has 1 aromatic rings. The Kier molecular flexibility index (Phi) is 7.87. The first-order chi connectivity index (χ1) is 6.16. The highest BCUT2D eigenvalue weighted by Gasteiger charge is 2.21. The third-order valence-corrected chi connectivity index (χ3v) is 1.38. The Balaban J connectivity index is 0.000000310. The Morgan fingerprint density at radius 3 is 1.92 bits per heavy atom. The second-order valence-corrected chi connectivity index (χ2v) is 2.98. The standard InChI is InChI=1S/C9H12.Al.3FH/c1-2-6-9-7-4-3-5-8-9;;;;/h3-5,7-8H,2,6H2,1H3;;3*1H/q;+3;;;/p-3. The average molecular weight is 204 g/mol. The van der Waals surface area contributed by atoms with Gasteiger partial charge in [-0.1, -0.05) is 43.7 Å². The average Bonchev–Trinajstić information content (AvgIpc) is 2.06. The van der Waals surface area contributed by atoms with Crippen LogP contribution in [0.5, 0.6) is 0 Å². The maximum atomic E-state index is 9.81. The van der Waals surface area contributed by atoms with Gasteiger partial charge in [0.1, 0.15) is 0 Å². The molecule has 0 saturated heterocycles. The first-order valence-electron chi connectivity index (χ1n) is 4.13. The molecule has 0 aliphatic rings. The molecule has 0 atom stereocenters. The van der Waals surface area contributed by atoms with Crippen molar-refractivity contribution in [2.75, 3.05) is 0 Å². The Morgan fingerprint density at radius 2 is 1.54 bits per heavy atom. The fourth-order valence-electron chi connectivity index (χ4n) is 0.933. The molecule has 0 aliphatic heterocycles. The summed E-state index contributed by atoms with van der Waals surface area (Å²) in [5.41, 5.74) is 1.44. The number of aryl methyl sites for hydroxylation is 1. The van der Waals surface area contributed by atoms with Crippen LogP contribution >= 0.6 is 0 Å². The minimum atomic E-state index is -4.64. The molecule has 0 spiro atoms. The third kappa shape index (κ3) is 9.46. The molecule has 0 heterocycles. The molecule has 0 aromatic heterocycles. The topological polar surface area (TPSA) is 0 Å². The van der Waals surface area contributed by atoms with Crippen LogP contribution in [-0.4, -0.2) is 15.5 Å². The summed E-state index contributed by atoms with van der Waals surface area (Å²) in [4.78, 5) is 0. The van der Waals surface area contributed by atoms with Gasteiger partial charge in [0, 0.05) is 0 Å². The monoisotopic (exact) mass is 204 g/mol. The van der Waals surface area contributed by atoms with E-state index in [1.165, 1.54) is 18.4 Å². The van der Waals surface area contributed by atoms with Gasteiger partial charge in [-0.3, -0.25) is 0 Å². The van der Waals surface area contributed by atoms with E-state index in [2.05, 4.69) is 37.3 Å². The van der Waals surface area contributed by atoms with Gasteiger partial charge in [0.25, 0.3) is 0 Å². The summed E-state index contributed by atoms with van der Waals surface area (Å²) in [6, 6.07) is 10.6. The molecule has 13 heavy (non-hydrogen) atoms. The maximum absolute atomic E-state index is 9.81. The highest BCUT2D eigenvalue weighted by Crippen LogP contribution is 2.00. The molecule has 0 fully saturated rings. The molecule has 0 N–H and O–H groups in total. The van der Waals surface area contributed by atoms with E-state index >= 15 is 0 Å². The van der Waals surface area contributed by atoms with E-state index in [0.717, 1.165) is 0 Å². The second-order valence-electron chi connectivity index (χ2n) is 2.48. The zero-order valence-electron chi connectivity index (χ0n) is 7.51. The molecule has 1 rings (SSSR count). The highest BCUT2D eigenvalue weighted by molar-refractivity contribution is 6.33. The van der Waals surface area contributed by atoms with E-state index in [9.17, 15) is 10.6 Å². The predicted molar refractivity (Wildman–Crippen MR) is 49.5 cm³/mol. The van der Waals surface area contributed by atoms with E-state index in [-0.39, 0.29) is 0 Å². The third-order valence-electron chi connectivity index (χ3n) is 1.38. The molecule has 1 aromatic carbocycles. The smallest absolute Gasteiger partial charge is 0.346 e. The summed E-state index contributed by atoms with van der Waals surface area (Å²) in [5, 5.41) is 0. The van der Waals surface area contributed by atoms with Crippen LogP contribution in [0, 0.1) is 0 Å². The molecule has 0 saturated carbocycles. The number of rotatable bonds is 2. The maximum Gasteiger partial charge on any atom is 1.04 e. The first-order valence-corrected chi connectivity index (χ1v) is 5.44. The molecule has 0 amide bonds. The minimum Gasteiger partial charge on any atom is -0.346 e. The van der Waals surface area contributed by atoms with Gasteiger partial charge in [0.2, 0.25) is 0 Å². The van der Waals surface area contributed by atoms with E-state index in [0.29, 0.717) is 0 Å². The molecular weight excluding hydrogens is 192 g/mol. The molecule has 0 unspecified atom stereocenters. The van der Waals surface area contributed by atoms with Crippen molar-refractivity contribution in [2.45, 2.75) is 19.8 Å². The van der Waals surface area contributed by atoms with Crippen LogP contribution in [0.4, 0.5) is 10.6 Å². The van der Waals surface area contributed by atoms with Crippen molar-refractivity contribution in [3.63, 3.8) is 0 Å². The van der Waals surface area contributed by atoms with Gasteiger partial charge in [-0.2, -0.15) is 0 Å². The molecule has 0 nitrogen and oxygen atoms in total. The summed E-state index contributed by atoms with van der Waals surface area (Å²) >= 11 is -4.64. The van der Waals surface area contributed by atoms with Gasteiger partial charge in [0.15, 0.2) is 0 Å². The van der Waals surface area contributed by atoms with E-state index in [1.54, 1.807) is 0 Å². The number of hydrogen-bond donors (Lipinski definition) is 0. The Morgan fingerprint density at radius 1 is 1.08 bits per heavy atom. The van der Waals surface area contributed by atoms with Crippen LogP contribution in [0.25, 0.3) is 0 Å². The minimum absolute atomic E-state index is 1.21. The van der Waals surface area contributed by atoms with E-state index in [4.69, 9.17) is 0 Å². The van der Waals surface area contributed by atoms with Gasteiger partial charge >= 0.3 is 15.5 Å². The molecule has 0 aliphatic carbocycles. The van der Waals surface area contributed by atoms with Crippen molar-refractivity contribution >= 4 is 15.5 Å². The SMILES string of the molecule is CCCc1ccccc1.[F][Al]([F])[F]. The zero-order chi connectivity index (χ0) is 10.1.